The standard InChI is InChI=1S/C16H23N3O6S/c1-10(9-26-11(2)20)16(23)18-12-7-17-19(8-12)13(5-14(21)24-3)6-15(22)25-4/h7-8,10,13H,5-6,9H2,1-4H3,(H,18,23)/t10-/m0/s1. The first-order valence-electron chi connectivity index (χ1n) is 7.88. The topological polar surface area (TPSA) is 117 Å². The minimum absolute atomic E-state index is 0.0501. The predicted molar refractivity (Wildman–Crippen MR) is 95.5 cm³/mol. The first kappa shape index (κ1) is 21.7. The molecule has 1 aromatic heterocycles. The number of amides is 1. The number of nitrogens with zero attached hydrogens (tertiary/aromatic N) is 2. The number of carbonyl (C=O) groups is 4. The van der Waals surface area contributed by atoms with Gasteiger partial charge in [0.1, 0.15) is 0 Å². The number of esters is 2. The van der Waals surface area contributed by atoms with Crippen molar-refractivity contribution in [3.05, 3.63) is 12.4 Å². The average Bonchev–Trinajstić information content (AvgIpc) is 3.06. The molecule has 1 heterocycles. The van der Waals surface area contributed by atoms with Crippen LogP contribution in [0.3, 0.4) is 0 Å². The Labute approximate surface area is 155 Å². The highest BCUT2D eigenvalue weighted by molar-refractivity contribution is 8.13. The minimum Gasteiger partial charge on any atom is -0.469 e. The van der Waals surface area contributed by atoms with Gasteiger partial charge in [-0.1, -0.05) is 18.7 Å². The number of methoxy groups -OCH3 is 2. The summed E-state index contributed by atoms with van der Waals surface area (Å²) in [7, 11) is 2.51. The lowest BCUT2D eigenvalue weighted by molar-refractivity contribution is -0.144. The van der Waals surface area contributed by atoms with E-state index in [1.54, 1.807) is 6.92 Å². The normalized spacial score (nSPS) is 11.7. The summed E-state index contributed by atoms with van der Waals surface area (Å²) in [5, 5.41) is 6.75. The molecular weight excluding hydrogens is 362 g/mol. The number of rotatable bonds is 9. The maximum atomic E-state index is 12.1. The zero-order valence-electron chi connectivity index (χ0n) is 15.2. The number of thioether (sulfide) groups is 1. The summed E-state index contributed by atoms with van der Waals surface area (Å²) in [6.07, 6.45) is 2.82. The van der Waals surface area contributed by atoms with Crippen molar-refractivity contribution in [1.82, 2.24) is 9.78 Å². The predicted octanol–water partition coefficient (Wildman–Crippen LogP) is 1.40. The second kappa shape index (κ2) is 10.6. The van der Waals surface area contributed by atoms with Crippen molar-refractivity contribution in [2.24, 2.45) is 5.92 Å². The quantitative estimate of drug-likeness (QED) is 0.634. The summed E-state index contributed by atoms with van der Waals surface area (Å²) in [6, 6.07) is -0.591. The first-order chi connectivity index (χ1) is 12.3. The van der Waals surface area contributed by atoms with Crippen molar-refractivity contribution in [2.45, 2.75) is 32.7 Å². The van der Waals surface area contributed by atoms with Crippen molar-refractivity contribution < 1.29 is 28.7 Å². The molecule has 0 bridgehead atoms. The Hall–Kier alpha value is -2.36. The Bertz CT molecular complexity index is 642. The van der Waals surface area contributed by atoms with Crippen LogP contribution in [0.2, 0.25) is 0 Å². The van der Waals surface area contributed by atoms with Gasteiger partial charge < -0.3 is 14.8 Å². The molecule has 0 saturated carbocycles. The zero-order chi connectivity index (χ0) is 19.7. The van der Waals surface area contributed by atoms with E-state index >= 15 is 0 Å². The molecule has 0 aromatic carbocycles. The third-order valence-electron chi connectivity index (χ3n) is 3.49. The molecule has 0 fully saturated rings. The molecule has 26 heavy (non-hydrogen) atoms. The third-order valence-corrected chi connectivity index (χ3v) is 4.56. The van der Waals surface area contributed by atoms with E-state index in [0.29, 0.717) is 11.4 Å². The lowest BCUT2D eigenvalue weighted by Gasteiger charge is -2.15. The molecule has 10 heteroatoms. The van der Waals surface area contributed by atoms with Crippen LogP contribution < -0.4 is 5.32 Å². The zero-order valence-corrected chi connectivity index (χ0v) is 16.0. The van der Waals surface area contributed by atoms with Gasteiger partial charge in [-0.05, 0) is 0 Å². The lowest BCUT2D eigenvalue weighted by Crippen LogP contribution is -2.22. The molecule has 0 radical (unpaired) electrons. The van der Waals surface area contributed by atoms with Gasteiger partial charge >= 0.3 is 11.9 Å². The van der Waals surface area contributed by atoms with Crippen LogP contribution in [-0.4, -0.2) is 52.7 Å². The van der Waals surface area contributed by atoms with Gasteiger partial charge in [-0.25, -0.2) is 0 Å². The Morgan fingerprint density at radius 3 is 2.27 bits per heavy atom. The van der Waals surface area contributed by atoms with Crippen molar-refractivity contribution >= 4 is 40.4 Å². The largest absolute Gasteiger partial charge is 0.469 e. The molecule has 1 rings (SSSR count). The Morgan fingerprint density at radius 1 is 1.19 bits per heavy atom. The summed E-state index contributed by atoms with van der Waals surface area (Å²) >= 11 is 1.08. The van der Waals surface area contributed by atoms with Crippen molar-refractivity contribution in [2.75, 3.05) is 25.3 Å². The Kier molecular flexibility index (Phi) is 8.83. The Morgan fingerprint density at radius 2 is 1.77 bits per heavy atom. The molecule has 0 aliphatic carbocycles. The van der Waals surface area contributed by atoms with Crippen molar-refractivity contribution in [1.29, 1.82) is 0 Å². The van der Waals surface area contributed by atoms with E-state index in [-0.39, 0.29) is 29.8 Å². The fraction of sp³-hybridized carbons (Fsp3) is 0.562. The van der Waals surface area contributed by atoms with Gasteiger partial charge in [-0.2, -0.15) is 5.10 Å². The van der Waals surface area contributed by atoms with Gasteiger partial charge in [0.25, 0.3) is 0 Å². The second-order valence-electron chi connectivity index (χ2n) is 5.62. The lowest BCUT2D eigenvalue weighted by atomic mass is 10.1. The van der Waals surface area contributed by atoms with Gasteiger partial charge in [0.2, 0.25) is 5.91 Å². The van der Waals surface area contributed by atoms with Crippen LogP contribution in [0.4, 0.5) is 5.69 Å². The molecule has 1 aromatic rings. The summed E-state index contributed by atoms with van der Waals surface area (Å²) in [5.41, 5.74) is 0.425. The highest BCUT2D eigenvalue weighted by Gasteiger charge is 2.22. The summed E-state index contributed by atoms with van der Waals surface area (Å²) in [4.78, 5) is 46.2. The average molecular weight is 385 g/mol. The highest BCUT2D eigenvalue weighted by Crippen LogP contribution is 2.20. The van der Waals surface area contributed by atoms with Crippen LogP contribution in [0.5, 0.6) is 0 Å². The third kappa shape index (κ3) is 7.26. The molecule has 1 atom stereocenters. The van der Waals surface area contributed by atoms with Gasteiger partial charge in [0.15, 0.2) is 5.12 Å². The molecule has 0 aliphatic heterocycles. The number of hydrogen-bond donors (Lipinski definition) is 1. The fourth-order valence-corrected chi connectivity index (χ4v) is 2.63. The van der Waals surface area contributed by atoms with Crippen LogP contribution in [0, 0.1) is 5.92 Å². The first-order valence-corrected chi connectivity index (χ1v) is 8.87. The fourth-order valence-electron chi connectivity index (χ4n) is 2.00. The maximum Gasteiger partial charge on any atom is 0.307 e. The van der Waals surface area contributed by atoms with Crippen LogP contribution >= 0.6 is 11.8 Å². The SMILES string of the molecule is COC(=O)CC(CC(=O)OC)n1cc(NC(=O)[C@@H](C)CSC(C)=O)cn1. The van der Waals surface area contributed by atoms with Crippen LogP contribution in [0.1, 0.15) is 32.7 Å². The molecular formula is C16H23N3O6S. The van der Waals surface area contributed by atoms with E-state index in [4.69, 9.17) is 0 Å². The van der Waals surface area contributed by atoms with E-state index in [1.807, 2.05) is 0 Å². The number of anilines is 1. The van der Waals surface area contributed by atoms with Crippen LogP contribution in [0.25, 0.3) is 0 Å². The molecule has 0 saturated heterocycles. The second-order valence-corrected chi connectivity index (χ2v) is 6.81. The number of hydrogen-bond acceptors (Lipinski definition) is 8. The smallest absolute Gasteiger partial charge is 0.307 e. The molecule has 0 spiro atoms. The van der Waals surface area contributed by atoms with Crippen molar-refractivity contribution in [3.63, 3.8) is 0 Å². The monoisotopic (exact) mass is 385 g/mol. The van der Waals surface area contributed by atoms with Gasteiger partial charge in [-0.3, -0.25) is 23.9 Å². The van der Waals surface area contributed by atoms with Crippen LogP contribution in [-0.2, 0) is 28.7 Å². The van der Waals surface area contributed by atoms with E-state index in [1.165, 1.54) is 38.2 Å². The van der Waals surface area contributed by atoms with Gasteiger partial charge in [0.05, 0.1) is 45.0 Å². The molecule has 144 valence electrons. The van der Waals surface area contributed by atoms with E-state index in [9.17, 15) is 19.2 Å². The summed E-state index contributed by atoms with van der Waals surface area (Å²) in [5.74, 6) is -1.23. The highest BCUT2D eigenvalue weighted by atomic mass is 32.2. The number of nitrogens with one attached hydrogen (secondary N) is 1. The molecule has 1 N–H and O–H groups in total. The van der Waals surface area contributed by atoms with E-state index < -0.39 is 18.0 Å². The number of carbonyl (C=O) groups excluding carboxylic acids is 4. The van der Waals surface area contributed by atoms with Crippen molar-refractivity contribution in [3.8, 4) is 0 Å². The molecule has 0 aliphatic rings. The van der Waals surface area contributed by atoms with Gasteiger partial charge in [0, 0.05) is 24.8 Å². The number of aromatic nitrogens is 2. The summed E-state index contributed by atoms with van der Waals surface area (Å²) < 4.78 is 10.7. The molecule has 1 amide bonds. The Balaban J connectivity index is 2.77. The van der Waals surface area contributed by atoms with Crippen LogP contribution in [0.15, 0.2) is 12.4 Å². The van der Waals surface area contributed by atoms with E-state index in [0.717, 1.165) is 11.8 Å². The minimum atomic E-state index is -0.591. The van der Waals surface area contributed by atoms with E-state index in [2.05, 4.69) is 19.9 Å². The number of ether oxygens (including phenoxy) is 2. The summed E-state index contributed by atoms with van der Waals surface area (Å²) in [6.45, 7) is 3.16. The van der Waals surface area contributed by atoms with Gasteiger partial charge in [-0.15, -0.1) is 0 Å². The molecule has 0 unspecified atom stereocenters. The maximum absolute atomic E-state index is 12.1. The molecule has 9 nitrogen and oxygen atoms in total.